The van der Waals surface area contributed by atoms with Crippen LogP contribution in [0.4, 0.5) is 19.0 Å². The van der Waals surface area contributed by atoms with Gasteiger partial charge in [-0.05, 0) is 6.07 Å². The third-order valence-electron chi connectivity index (χ3n) is 4.12. The summed E-state index contributed by atoms with van der Waals surface area (Å²) in [5.74, 6) is 0.111. The zero-order chi connectivity index (χ0) is 18.0. The van der Waals surface area contributed by atoms with E-state index in [1.807, 2.05) is 11.1 Å². The van der Waals surface area contributed by atoms with Crippen LogP contribution in [-0.2, 0) is 9.53 Å². The molecule has 0 bridgehead atoms. The zero-order valence-corrected chi connectivity index (χ0v) is 13.6. The number of fused-ring (bicyclic) bond motifs is 1. The molecular formula is C15H18F3N5O2. The fraction of sp³-hybridized carbons (Fsp3) is 0.533. The van der Waals surface area contributed by atoms with Crippen molar-refractivity contribution in [3.05, 3.63) is 18.6 Å². The number of hydrazine groups is 1. The third kappa shape index (κ3) is 4.07. The summed E-state index contributed by atoms with van der Waals surface area (Å²) in [5, 5.41) is 4.44. The lowest BCUT2D eigenvalue weighted by Crippen LogP contribution is -2.53. The molecule has 1 unspecified atom stereocenters. The molecule has 2 aromatic heterocycles. The van der Waals surface area contributed by atoms with E-state index in [-0.39, 0.29) is 13.2 Å². The SMILES string of the molecule is CN(c1ncnc2[nH]ccc12)N1CCOC(C(=O)CCC(F)(F)F)C1. The number of Topliss-reactive ketones (excluding diaryl/α,β-unsaturated/α-hetero) is 1. The molecule has 10 heteroatoms. The van der Waals surface area contributed by atoms with E-state index in [9.17, 15) is 18.0 Å². The maximum Gasteiger partial charge on any atom is 0.389 e. The number of hydrogen-bond donors (Lipinski definition) is 1. The Balaban J connectivity index is 1.68. The van der Waals surface area contributed by atoms with E-state index in [2.05, 4.69) is 15.0 Å². The molecule has 2 aromatic rings. The molecule has 0 radical (unpaired) electrons. The van der Waals surface area contributed by atoms with Crippen molar-refractivity contribution in [1.29, 1.82) is 0 Å². The first-order valence-electron chi connectivity index (χ1n) is 7.83. The summed E-state index contributed by atoms with van der Waals surface area (Å²) in [6, 6.07) is 1.84. The van der Waals surface area contributed by atoms with Gasteiger partial charge < -0.3 is 9.72 Å². The molecule has 7 nitrogen and oxygen atoms in total. The van der Waals surface area contributed by atoms with Crippen molar-refractivity contribution in [2.24, 2.45) is 0 Å². The van der Waals surface area contributed by atoms with Crippen molar-refractivity contribution in [2.75, 3.05) is 31.8 Å². The number of nitrogens with zero attached hydrogens (tertiary/aromatic N) is 4. The van der Waals surface area contributed by atoms with Gasteiger partial charge in [-0.2, -0.15) is 13.2 Å². The summed E-state index contributed by atoms with van der Waals surface area (Å²) < 4.78 is 42.3. The van der Waals surface area contributed by atoms with Gasteiger partial charge in [0.05, 0.1) is 25.0 Å². The fourth-order valence-corrected chi connectivity index (χ4v) is 2.78. The predicted molar refractivity (Wildman–Crippen MR) is 83.9 cm³/mol. The molecule has 1 fully saturated rings. The number of H-pyrrole nitrogens is 1. The molecule has 0 aromatic carbocycles. The lowest BCUT2D eigenvalue weighted by atomic mass is 10.1. The number of rotatable bonds is 5. The highest BCUT2D eigenvalue weighted by Gasteiger charge is 2.33. The van der Waals surface area contributed by atoms with Gasteiger partial charge in [-0.1, -0.05) is 0 Å². The Morgan fingerprint density at radius 1 is 1.48 bits per heavy atom. The van der Waals surface area contributed by atoms with Crippen molar-refractivity contribution in [3.63, 3.8) is 0 Å². The molecule has 1 saturated heterocycles. The minimum absolute atomic E-state index is 0.184. The van der Waals surface area contributed by atoms with Crippen LogP contribution in [0.3, 0.4) is 0 Å². The Bertz CT molecular complexity index is 748. The standard InChI is InChI=1S/C15H18F3N5O2/c1-22(14-10-3-5-19-13(10)20-9-21-14)23-6-7-25-12(8-23)11(24)2-4-15(16,17)18/h3,5,9,12H,2,4,6-8H2,1H3,(H,19,20,21). The van der Waals surface area contributed by atoms with Gasteiger partial charge in [0, 0.05) is 26.2 Å². The van der Waals surface area contributed by atoms with Gasteiger partial charge >= 0.3 is 6.18 Å². The second-order valence-corrected chi connectivity index (χ2v) is 5.81. The van der Waals surface area contributed by atoms with Crippen molar-refractivity contribution < 1.29 is 22.7 Å². The van der Waals surface area contributed by atoms with Gasteiger partial charge in [0.15, 0.2) is 11.6 Å². The summed E-state index contributed by atoms with van der Waals surface area (Å²) in [6.07, 6.45) is -3.74. The fourth-order valence-electron chi connectivity index (χ4n) is 2.78. The molecule has 1 N–H and O–H groups in total. The average molecular weight is 357 g/mol. The Labute approximate surface area is 141 Å². The number of hydrogen-bond acceptors (Lipinski definition) is 6. The summed E-state index contributed by atoms with van der Waals surface area (Å²) >= 11 is 0. The number of halogens is 3. The van der Waals surface area contributed by atoms with Gasteiger partial charge in [-0.25, -0.2) is 15.0 Å². The van der Waals surface area contributed by atoms with Gasteiger partial charge in [-0.15, -0.1) is 0 Å². The normalized spacial score (nSPS) is 19.3. The number of carbonyl (C=O) groups excluding carboxylic acids is 1. The number of ketones is 1. The molecule has 3 heterocycles. The first kappa shape index (κ1) is 17.6. The maximum atomic E-state index is 12.3. The molecule has 1 aliphatic rings. The van der Waals surface area contributed by atoms with E-state index in [4.69, 9.17) is 4.74 Å². The van der Waals surface area contributed by atoms with Crippen LogP contribution in [0.25, 0.3) is 11.0 Å². The summed E-state index contributed by atoms with van der Waals surface area (Å²) in [4.78, 5) is 23.4. The first-order valence-corrected chi connectivity index (χ1v) is 7.83. The molecule has 25 heavy (non-hydrogen) atoms. The van der Waals surface area contributed by atoms with E-state index in [0.29, 0.717) is 18.0 Å². The van der Waals surface area contributed by atoms with Crippen LogP contribution < -0.4 is 5.01 Å². The number of nitrogens with one attached hydrogen (secondary N) is 1. The number of aromatic nitrogens is 3. The van der Waals surface area contributed by atoms with Crippen LogP contribution in [0.1, 0.15) is 12.8 Å². The lowest BCUT2D eigenvalue weighted by Gasteiger charge is -2.38. The number of aromatic amines is 1. The Hall–Kier alpha value is -2.20. The third-order valence-corrected chi connectivity index (χ3v) is 4.12. The highest BCUT2D eigenvalue weighted by atomic mass is 19.4. The van der Waals surface area contributed by atoms with E-state index < -0.39 is 30.9 Å². The number of carbonyl (C=O) groups is 1. The number of ether oxygens (including phenoxy) is 1. The van der Waals surface area contributed by atoms with Crippen molar-refractivity contribution in [1.82, 2.24) is 20.0 Å². The van der Waals surface area contributed by atoms with Crippen LogP contribution >= 0.6 is 0 Å². The molecule has 3 rings (SSSR count). The van der Waals surface area contributed by atoms with Crippen LogP contribution in [0.15, 0.2) is 18.6 Å². The Kier molecular flexibility index (Phi) is 4.91. The molecule has 1 aliphatic heterocycles. The highest BCUT2D eigenvalue weighted by Crippen LogP contribution is 2.25. The van der Waals surface area contributed by atoms with Gasteiger partial charge in [0.2, 0.25) is 0 Å². The van der Waals surface area contributed by atoms with Gasteiger partial charge in [-0.3, -0.25) is 9.80 Å². The quantitative estimate of drug-likeness (QED) is 0.881. The number of anilines is 1. The lowest BCUT2D eigenvalue weighted by molar-refractivity contribution is -0.151. The van der Waals surface area contributed by atoms with Crippen molar-refractivity contribution in [2.45, 2.75) is 25.1 Å². The minimum Gasteiger partial charge on any atom is -0.368 e. The average Bonchev–Trinajstić information content (AvgIpc) is 3.07. The largest absolute Gasteiger partial charge is 0.389 e. The Morgan fingerprint density at radius 2 is 2.28 bits per heavy atom. The van der Waals surface area contributed by atoms with Crippen LogP contribution in [0, 0.1) is 0 Å². The summed E-state index contributed by atoms with van der Waals surface area (Å²) in [7, 11) is 1.79. The van der Waals surface area contributed by atoms with Crippen LogP contribution in [0.2, 0.25) is 0 Å². The van der Waals surface area contributed by atoms with E-state index >= 15 is 0 Å². The highest BCUT2D eigenvalue weighted by molar-refractivity contribution is 5.87. The maximum absolute atomic E-state index is 12.3. The van der Waals surface area contributed by atoms with Gasteiger partial charge in [0.25, 0.3) is 0 Å². The first-order chi connectivity index (χ1) is 11.8. The smallest absolute Gasteiger partial charge is 0.368 e. The van der Waals surface area contributed by atoms with E-state index in [0.717, 1.165) is 5.39 Å². The second kappa shape index (κ2) is 6.96. The number of alkyl halides is 3. The molecule has 136 valence electrons. The van der Waals surface area contributed by atoms with E-state index in [1.165, 1.54) is 6.33 Å². The van der Waals surface area contributed by atoms with E-state index in [1.54, 1.807) is 18.3 Å². The summed E-state index contributed by atoms with van der Waals surface area (Å²) in [6.45, 7) is 0.951. The van der Waals surface area contributed by atoms with Gasteiger partial charge in [0.1, 0.15) is 18.1 Å². The monoisotopic (exact) mass is 357 g/mol. The predicted octanol–water partition coefficient (Wildman–Crippen LogP) is 1.92. The molecule has 1 atom stereocenters. The topological polar surface area (TPSA) is 74.3 Å². The second-order valence-electron chi connectivity index (χ2n) is 5.81. The molecule has 0 amide bonds. The zero-order valence-electron chi connectivity index (χ0n) is 13.6. The molecule has 0 spiro atoms. The molecule has 0 saturated carbocycles. The Morgan fingerprint density at radius 3 is 3.04 bits per heavy atom. The van der Waals surface area contributed by atoms with Crippen molar-refractivity contribution in [3.8, 4) is 0 Å². The van der Waals surface area contributed by atoms with Crippen LogP contribution in [-0.4, -0.2) is 64.8 Å². The minimum atomic E-state index is -4.35. The van der Waals surface area contributed by atoms with Crippen molar-refractivity contribution >= 4 is 22.6 Å². The summed E-state index contributed by atoms with van der Waals surface area (Å²) in [5.41, 5.74) is 0.683. The van der Waals surface area contributed by atoms with Crippen LogP contribution in [0.5, 0.6) is 0 Å². The molecular weight excluding hydrogens is 339 g/mol. The molecule has 0 aliphatic carbocycles. The number of morpholine rings is 1.